The van der Waals surface area contributed by atoms with E-state index < -0.39 is 19.5 Å². The van der Waals surface area contributed by atoms with Gasteiger partial charge in [0.25, 0.3) is 5.69 Å². The Bertz CT molecular complexity index is 1210. The maximum absolute atomic E-state index is 11.4. The number of nitrogen functional groups attached to an aromatic ring is 1. The first-order valence-corrected chi connectivity index (χ1v) is 14.4. The summed E-state index contributed by atoms with van der Waals surface area (Å²) in [4.78, 5) is 23.7. The zero-order valence-electron chi connectivity index (χ0n) is 20.7. The Morgan fingerprint density at radius 2 is 2.00 bits per heavy atom. The van der Waals surface area contributed by atoms with Crippen LogP contribution in [0, 0.1) is 10.1 Å². The number of ether oxygens (including phenoxy) is 2. The number of benzene rings is 1. The normalized spacial score (nSPS) is 21.0. The number of nitrogens with zero attached hydrogens (tertiary/aromatic N) is 5. The van der Waals surface area contributed by atoms with Crippen LogP contribution in [-0.4, -0.2) is 51.6 Å². The topological polar surface area (TPSA) is 140 Å². The smallest absolute Gasteiger partial charge is 0.274 e. The molecule has 0 bridgehead atoms. The molecule has 0 spiro atoms. The number of nitro benzene ring substituents is 1. The van der Waals surface area contributed by atoms with Gasteiger partial charge in [0.2, 0.25) is 0 Å². The maximum atomic E-state index is 11.4. The summed E-state index contributed by atoms with van der Waals surface area (Å²) in [5.41, 5.74) is 7.58. The molecule has 35 heavy (non-hydrogen) atoms. The van der Waals surface area contributed by atoms with Crippen molar-refractivity contribution in [2.75, 3.05) is 12.3 Å². The Morgan fingerprint density at radius 1 is 1.26 bits per heavy atom. The van der Waals surface area contributed by atoms with E-state index in [4.69, 9.17) is 19.6 Å². The van der Waals surface area contributed by atoms with Crippen molar-refractivity contribution in [1.82, 2.24) is 19.5 Å². The van der Waals surface area contributed by atoms with Gasteiger partial charge in [-0.05, 0) is 24.2 Å². The van der Waals surface area contributed by atoms with Crippen molar-refractivity contribution in [3.8, 4) is 0 Å². The standard InChI is InChI=1S/C23H32N6O5Si/c1-23(2,3)35(4,5)33-12-18-17(32-11-15-8-6-7-9-16(15)29(30)31)10-19(34-18)28-14-27-20-21(24)25-13-26-22(20)28/h6-9,13-14,17-19H,10-12H2,1-5H3,(H2,24,25,26)/t17?,18-,19-/m1/s1. The minimum Gasteiger partial charge on any atom is -0.414 e. The van der Waals surface area contributed by atoms with Crippen molar-refractivity contribution in [1.29, 1.82) is 0 Å². The Kier molecular flexibility index (Phi) is 6.91. The maximum Gasteiger partial charge on any atom is 0.274 e. The van der Waals surface area contributed by atoms with Gasteiger partial charge in [0.15, 0.2) is 19.8 Å². The summed E-state index contributed by atoms with van der Waals surface area (Å²) >= 11 is 0. The van der Waals surface area contributed by atoms with Gasteiger partial charge < -0.3 is 19.6 Å². The Balaban J connectivity index is 1.56. The van der Waals surface area contributed by atoms with E-state index in [9.17, 15) is 10.1 Å². The first-order chi connectivity index (χ1) is 16.5. The lowest BCUT2D eigenvalue weighted by Gasteiger charge is -2.37. The molecule has 1 aliphatic rings. The van der Waals surface area contributed by atoms with E-state index in [1.807, 2.05) is 4.57 Å². The molecule has 1 fully saturated rings. The third kappa shape index (κ3) is 5.20. The number of aromatic nitrogens is 4. The van der Waals surface area contributed by atoms with Gasteiger partial charge in [-0.3, -0.25) is 14.7 Å². The first kappa shape index (κ1) is 25.2. The lowest BCUT2D eigenvalue weighted by Crippen LogP contribution is -2.44. The number of hydrogen-bond acceptors (Lipinski definition) is 9. The number of nitro groups is 1. The van der Waals surface area contributed by atoms with E-state index in [2.05, 4.69) is 48.8 Å². The van der Waals surface area contributed by atoms with E-state index in [1.165, 1.54) is 12.4 Å². The van der Waals surface area contributed by atoms with Gasteiger partial charge in [-0.2, -0.15) is 0 Å². The third-order valence-electron chi connectivity index (χ3n) is 6.93. The van der Waals surface area contributed by atoms with E-state index in [1.54, 1.807) is 24.5 Å². The molecular weight excluding hydrogens is 468 g/mol. The van der Waals surface area contributed by atoms with Gasteiger partial charge in [-0.1, -0.05) is 32.9 Å². The highest BCUT2D eigenvalue weighted by atomic mass is 28.4. The molecule has 0 radical (unpaired) electrons. The quantitative estimate of drug-likeness (QED) is 0.273. The van der Waals surface area contributed by atoms with Crippen LogP contribution in [0.2, 0.25) is 18.1 Å². The molecule has 3 heterocycles. The fourth-order valence-electron chi connectivity index (χ4n) is 3.79. The number of nitrogens with two attached hydrogens (primary N) is 1. The van der Waals surface area contributed by atoms with E-state index in [0.29, 0.717) is 35.6 Å². The molecule has 1 aliphatic heterocycles. The molecule has 1 saturated heterocycles. The Labute approximate surface area is 204 Å². The van der Waals surface area contributed by atoms with Gasteiger partial charge in [-0.25, -0.2) is 15.0 Å². The van der Waals surface area contributed by atoms with E-state index in [-0.39, 0.29) is 29.5 Å². The molecule has 0 aliphatic carbocycles. The number of imidazole rings is 1. The van der Waals surface area contributed by atoms with Crippen molar-refractivity contribution in [3.63, 3.8) is 0 Å². The predicted molar refractivity (Wildman–Crippen MR) is 133 cm³/mol. The molecular formula is C23H32N6O5Si. The van der Waals surface area contributed by atoms with Gasteiger partial charge in [0.1, 0.15) is 24.2 Å². The number of anilines is 1. The second kappa shape index (κ2) is 9.61. The molecule has 0 amide bonds. The molecule has 3 atom stereocenters. The van der Waals surface area contributed by atoms with Gasteiger partial charge in [0, 0.05) is 12.5 Å². The number of para-hydroxylation sites is 1. The van der Waals surface area contributed by atoms with Crippen LogP contribution in [0.3, 0.4) is 0 Å². The van der Waals surface area contributed by atoms with Crippen molar-refractivity contribution in [2.24, 2.45) is 0 Å². The third-order valence-corrected chi connectivity index (χ3v) is 11.4. The van der Waals surface area contributed by atoms with Gasteiger partial charge >= 0.3 is 0 Å². The zero-order chi connectivity index (χ0) is 25.4. The fourth-order valence-corrected chi connectivity index (χ4v) is 4.81. The average molecular weight is 501 g/mol. The van der Waals surface area contributed by atoms with E-state index in [0.717, 1.165) is 0 Å². The highest BCUT2D eigenvalue weighted by Gasteiger charge is 2.42. The molecule has 4 rings (SSSR count). The summed E-state index contributed by atoms with van der Waals surface area (Å²) in [5.74, 6) is 0.300. The molecule has 2 N–H and O–H groups in total. The van der Waals surface area contributed by atoms with Crippen LogP contribution in [0.1, 0.15) is 39.0 Å². The lowest BCUT2D eigenvalue weighted by molar-refractivity contribution is -0.386. The van der Waals surface area contributed by atoms with Crippen molar-refractivity contribution in [3.05, 3.63) is 52.6 Å². The van der Waals surface area contributed by atoms with Crippen molar-refractivity contribution < 1.29 is 18.8 Å². The molecule has 1 aromatic carbocycles. The minimum atomic E-state index is -2.03. The fraction of sp³-hybridized carbons (Fsp3) is 0.522. The summed E-state index contributed by atoms with van der Waals surface area (Å²) in [6, 6.07) is 6.59. The second-order valence-electron chi connectivity index (χ2n) is 10.3. The average Bonchev–Trinajstić information content (AvgIpc) is 3.40. The Hall–Kier alpha value is -2.93. The lowest BCUT2D eigenvalue weighted by atomic mass is 10.1. The molecule has 11 nitrogen and oxygen atoms in total. The van der Waals surface area contributed by atoms with Gasteiger partial charge in [-0.15, -0.1) is 0 Å². The number of rotatable bonds is 8. The van der Waals surface area contributed by atoms with Crippen LogP contribution in [0.15, 0.2) is 36.9 Å². The van der Waals surface area contributed by atoms with Gasteiger partial charge in [0.05, 0.1) is 36.1 Å². The minimum absolute atomic E-state index is 0.0322. The Morgan fingerprint density at radius 3 is 2.71 bits per heavy atom. The van der Waals surface area contributed by atoms with Crippen LogP contribution in [-0.2, 0) is 20.5 Å². The zero-order valence-corrected chi connectivity index (χ0v) is 21.7. The number of hydrogen-bond donors (Lipinski definition) is 1. The summed E-state index contributed by atoms with van der Waals surface area (Å²) < 4.78 is 20.9. The van der Waals surface area contributed by atoms with Crippen LogP contribution in [0.25, 0.3) is 11.2 Å². The molecule has 1 unspecified atom stereocenters. The van der Waals surface area contributed by atoms with Crippen molar-refractivity contribution >= 4 is 31.0 Å². The monoisotopic (exact) mass is 500 g/mol. The van der Waals surface area contributed by atoms with Crippen molar-refractivity contribution in [2.45, 2.75) is 70.4 Å². The largest absolute Gasteiger partial charge is 0.414 e. The molecule has 188 valence electrons. The molecule has 2 aromatic heterocycles. The molecule has 0 saturated carbocycles. The van der Waals surface area contributed by atoms with Crippen LogP contribution < -0.4 is 5.73 Å². The molecule has 12 heteroatoms. The number of fused-ring (bicyclic) bond motifs is 1. The van der Waals surface area contributed by atoms with E-state index >= 15 is 0 Å². The van der Waals surface area contributed by atoms with Crippen LogP contribution >= 0.6 is 0 Å². The van der Waals surface area contributed by atoms with Crippen LogP contribution in [0.5, 0.6) is 0 Å². The van der Waals surface area contributed by atoms with Crippen LogP contribution in [0.4, 0.5) is 11.5 Å². The highest BCUT2D eigenvalue weighted by molar-refractivity contribution is 6.74. The summed E-state index contributed by atoms with van der Waals surface area (Å²) in [7, 11) is -2.03. The second-order valence-corrected chi connectivity index (χ2v) is 15.1. The summed E-state index contributed by atoms with van der Waals surface area (Å²) in [5, 5.41) is 11.5. The summed E-state index contributed by atoms with van der Waals surface area (Å²) in [6.45, 7) is 11.4. The molecule has 3 aromatic rings. The first-order valence-electron chi connectivity index (χ1n) is 11.5. The highest BCUT2D eigenvalue weighted by Crippen LogP contribution is 2.39. The predicted octanol–water partition coefficient (Wildman–Crippen LogP) is 4.21. The summed E-state index contributed by atoms with van der Waals surface area (Å²) in [6.07, 6.45) is 2.41. The SMILES string of the molecule is CC(C)(C)[Si](C)(C)OC[C@H]1O[C@@H](n2cnc3c(N)ncnc32)CC1OCc1ccccc1[N+](=O)[O-].